The van der Waals surface area contributed by atoms with Crippen LogP contribution in [0.4, 0.5) is 5.69 Å². The van der Waals surface area contributed by atoms with Crippen LogP contribution in [-0.2, 0) is 6.61 Å². The topological polar surface area (TPSA) is 91.3 Å². The predicted molar refractivity (Wildman–Crippen MR) is 61.5 cm³/mol. The number of nitrogens with zero attached hydrogens (tertiary/aromatic N) is 3. The summed E-state index contributed by atoms with van der Waals surface area (Å²) in [6.45, 7) is 1.74. The molecule has 1 aromatic heterocycles. The lowest BCUT2D eigenvalue weighted by Crippen LogP contribution is -1.98. The smallest absolute Gasteiger partial charge is 0.271 e. The van der Waals surface area contributed by atoms with Crippen molar-refractivity contribution < 1.29 is 14.2 Å². The van der Waals surface area contributed by atoms with Gasteiger partial charge in [-0.2, -0.15) is 4.98 Å². The van der Waals surface area contributed by atoms with Gasteiger partial charge in [-0.25, -0.2) is 0 Å². The van der Waals surface area contributed by atoms with Crippen molar-refractivity contribution >= 4 is 17.3 Å². The van der Waals surface area contributed by atoms with Crippen molar-refractivity contribution in [2.24, 2.45) is 0 Å². The van der Waals surface area contributed by atoms with Crippen LogP contribution in [0, 0.1) is 17.0 Å². The summed E-state index contributed by atoms with van der Waals surface area (Å²) in [7, 11) is 0. The molecule has 0 unspecified atom stereocenters. The van der Waals surface area contributed by atoms with Crippen LogP contribution in [0.5, 0.6) is 5.75 Å². The van der Waals surface area contributed by atoms with Gasteiger partial charge in [-0.05, 0) is 6.07 Å². The van der Waals surface area contributed by atoms with Crippen LogP contribution in [0.15, 0.2) is 22.7 Å². The maximum Gasteiger partial charge on any atom is 0.271 e. The van der Waals surface area contributed by atoms with Crippen molar-refractivity contribution in [3.8, 4) is 5.75 Å². The predicted octanol–water partition coefficient (Wildman–Crippen LogP) is 2.52. The van der Waals surface area contributed by atoms with Crippen LogP contribution in [-0.4, -0.2) is 15.1 Å². The number of hydrogen-bond acceptors (Lipinski definition) is 6. The number of aromatic nitrogens is 2. The van der Waals surface area contributed by atoms with Crippen molar-refractivity contribution in [2.75, 3.05) is 0 Å². The van der Waals surface area contributed by atoms with Crippen LogP contribution < -0.4 is 4.74 Å². The minimum atomic E-state index is -0.530. The van der Waals surface area contributed by atoms with E-state index >= 15 is 0 Å². The first-order valence-electron chi connectivity index (χ1n) is 4.92. The van der Waals surface area contributed by atoms with E-state index in [2.05, 4.69) is 10.1 Å². The normalized spacial score (nSPS) is 10.3. The van der Waals surface area contributed by atoms with Gasteiger partial charge >= 0.3 is 0 Å². The number of ether oxygens (including phenoxy) is 1. The second-order valence-electron chi connectivity index (χ2n) is 3.39. The molecule has 1 aromatic carbocycles. The van der Waals surface area contributed by atoms with Gasteiger partial charge in [0, 0.05) is 19.1 Å². The second-order valence-corrected chi connectivity index (χ2v) is 3.80. The van der Waals surface area contributed by atoms with E-state index < -0.39 is 4.92 Å². The Labute approximate surface area is 106 Å². The average Bonchev–Trinajstić information content (AvgIpc) is 2.73. The number of rotatable bonds is 4. The van der Waals surface area contributed by atoms with Crippen molar-refractivity contribution in [1.82, 2.24) is 10.1 Å². The Balaban J connectivity index is 2.08. The van der Waals surface area contributed by atoms with Crippen LogP contribution in [0.1, 0.15) is 11.7 Å². The molecule has 8 heteroatoms. The summed E-state index contributed by atoms with van der Waals surface area (Å²) in [4.78, 5) is 13.9. The van der Waals surface area contributed by atoms with Crippen LogP contribution in [0.2, 0.25) is 5.02 Å². The van der Waals surface area contributed by atoms with E-state index in [1.54, 1.807) is 6.92 Å². The minimum Gasteiger partial charge on any atom is -0.484 e. The number of halogens is 1. The monoisotopic (exact) mass is 269 g/mol. The standard InChI is InChI=1S/C10H8ClN3O4/c1-6-12-10(13-18-6)5-17-9-3-2-7(14(15)16)4-8(9)11/h2-4H,5H2,1H3. The molecule has 0 radical (unpaired) electrons. The fourth-order valence-electron chi connectivity index (χ4n) is 1.26. The summed E-state index contributed by atoms with van der Waals surface area (Å²) < 4.78 is 10.1. The van der Waals surface area contributed by atoms with Gasteiger partial charge in [0.15, 0.2) is 6.61 Å². The van der Waals surface area contributed by atoms with Crippen molar-refractivity contribution in [1.29, 1.82) is 0 Å². The van der Waals surface area contributed by atoms with E-state index in [0.29, 0.717) is 17.5 Å². The maximum absolute atomic E-state index is 10.5. The number of hydrogen-bond donors (Lipinski definition) is 0. The van der Waals surface area contributed by atoms with Crippen molar-refractivity contribution in [3.05, 3.63) is 45.1 Å². The third kappa shape index (κ3) is 2.75. The Kier molecular flexibility index (Phi) is 3.42. The largest absolute Gasteiger partial charge is 0.484 e. The molecule has 2 aromatic rings. The molecule has 0 bridgehead atoms. The highest BCUT2D eigenvalue weighted by Crippen LogP contribution is 2.28. The summed E-state index contributed by atoms with van der Waals surface area (Å²) in [6, 6.07) is 3.95. The van der Waals surface area contributed by atoms with Gasteiger partial charge in [0.05, 0.1) is 9.95 Å². The van der Waals surface area contributed by atoms with E-state index in [1.165, 1.54) is 18.2 Å². The van der Waals surface area contributed by atoms with Crippen molar-refractivity contribution in [3.63, 3.8) is 0 Å². The van der Waals surface area contributed by atoms with Gasteiger partial charge in [0.2, 0.25) is 11.7 Å². The Hall–Kier alpha value is -2.15. The first-order chi connectivity index (χ1) is 8.56. The molecule has 7 nitrogen and oxygen atoms in total. The molecule has 1 heterocycles. The molecule has 0 fully saturated rings. The number of nitro groups is 1. The second kappa shape index (κ2) is 5.01. The molecule has 18 heavy (non-hydrogen) atoms. The Bertz CT molecular complexity index is 584. The van der Waals surface area contributed by atoms with Gasteiger partial charge < -0.3 is 9.26 Å². The third-order valence-corrected chi connectivity index (χ3v) is 2.35. The fourth-order valence-corrected chi connectivity index (χ4v) is 1.49. The zero-order chi connectivity index (χ0) is 13.1. The number of benzene rings is 1. The number of nitro benzene ring substituents is 1. The lowest BCUT2D eigenvalue weighted by atomic mass is 10.3. The zero-order valence-electron chi connectivity index (χ0n) is 9.29. The van der Waals surface area contributed by atoms with E-state index in [9.17, 15) is 10.1 Å². The minimum absolute atomic E-state index is 0.0782. The molecule has 0 N–H and O–H groups in total. The summed E-state index contributed by atoms with van der Waals surface area (Å²) in [5.74, 6) is 1.13. The molecule has 0 aliphatic rings. The highest BCUT2D eigenvalue weighted by atomic mass is 35.5. The lowest BCUT2D eigenvalue weighted by Gasteiger charge is -2.04. The van der Waals surface area contributed by atoms with Gasteiger partial charge in [0.1, 0.15) is 5.75 Å². The molecular weight excluding hydrogens is 262 g/mol. The van der Waals surface area contributed by atoms with Gasteiger partial charge in [-0.1, -0.05) is 16.8 Å². The Morgan fingerprint density at radius 3 is 2.89 bits per heavy atom. The Morgan fingerprint density at radius 1 is 1.56 bits per heavy atom. The van der Waals surface area contributed by atoms with E-state index in [0.717, 1.165) is 0 Å². The molecule has 0 amide bonds. The molecule has 94 valence electrons. The van der Waals surface area contributed by atoms with Gasteiger partial charge in [0.25, 0.3) is 5.69 Å². The lowest BCUT2D eigenvalue weighted by molar-refractivity contribution is -0.384. The molecule has 0 saturated heterocycles. The summed E-state index contributed by atoms with van der Waals surface area (Å²) in [5.41, 5.74) is -0.0947. The quantitative estimate of drug-likeness (QED) is 0.625. The summed E-state index contributed by atoms with van der Waals surface area (Å²) in [6.07, 6.45) is 0. The molecule has 0 atom stereocenters. The molecule has 0 aliphatic heterocycles. The zero-order valence-corrected chi connectivity index (χ0v) is 10.0. The van der Waals surface area contributed by atoms with E-state index in [4.69, 9.17) is 20.9 Å². The molecule has 0 spiro atoms. The van der Waals surface area contributed by atoms with Gasteiger partial charge in [-0.3, -0.25) is 10.1 Å². The summed E-state index contributed by atoms with van der Waals surface area (Å²) in [5, 5.41) is 14.3. The van der Waals surface area contributed by atoms with E-state index in [1.807, 2.05) is 0 Å². The van der Waals surface area contributed by atoms with Crippen LogP contribution in [0.25, 0.3) is 0 Å². The molecule has 2 rings (SSSR count). The summed E-state index contributed by atoms with van der Waals surface area (Å²) >= 11 is 5.85. The third-order valence-electron chi connectivity index (χ3n) is 2.05. The average molecular weight is 270 g/mol. The number of non-ortho nitro benzene ring substituents is 1. The number of aryl methyl sites for hydroxylation is 1. The molecular formula is C10H8ClN3O4. The highest BCUT2D eigenvalue weighted by molar-refractivity contribution is 6.32. The Morgan fingerprint density at radius 2 is 2.33 bits per heavy atom. The highest BCUT2D eigenvalue weighted by Gasteiger charge is 2.11. The fraction of sp³-hybridized carbons (Fsp3) is 0.200. The maximum atomic E-state index is 10.5. The van der Waals surface area contributed by atoms with Crippen molar-refractivity contribution in [2.45, 2.75) is 13.5 Å². The van der Waals surface area contributed by atoms with Gasteiger partial charge in [-0.15, -0.1) is 0 Å². The van der Waals surface area contributed by atoms with Crippen LogP contribution >= 0.6 is 11.6 Å². The molecule has 0 aliphatic carbocycles. The van der Waals surface area contributed by atoms with E-state index in [-0.39, 0.29) is 17.3 Å². The first-order valence-corrected chi connectivity index (χ1v) is 5.30. The first kappa shape index (κ1) is 12.3. The molecule has 0 saturated carbocycles. The SMILES string of the molecule is Cc1nc(COc2ccc([N+](=O)[O-])cc2Cl)no1. The van der Waals surface area contributed by atoms with Crippen LogP contribution in [0.3, 0.4) is 0 Å².